The highest BCUT2D eigenvalue weighted by molar-refractivity contribution is 5.06. The predicted molar refractivity (Wildman–Crippen MR) is 52.0 cm³/mol. The van der Waals surface area contributed by atoms with E-state index < -0.39 is 11.2 Å². The molecule has 1 aliphatic rings. The number of nitrogens with zero attached hydrogens (tertiary/aromatic N) is 1. The molecule has 0 aliphatic carbocycles. The largest absolute Gasteiger partial charge is 0.494 e. The zero-order chi connectivity index (χ0) is 10.8. The quantitative estimate of drug-likeness (QED) is 0.687. The Morgan fingerprint density at radius 3 is 3.00 bits per heavy atom. The van der Waals surface area contributed by atoms with E-state index in [9.17, 15) is 14.7 Å². The standard InChI is InChI=1S/C9H12N2O4/c12-7-4-8(13)11(9(14)10-7)5-6-2-1-3-15-6/h4,6,13H,1-3,5H2,(H,10,12,14)/t6-/m0/s1. The minimum Gasteiger partial charge on any atom is -0.494 e. The molecule has 0 bridgehead atoms. The normalized spacial score (nSPS) is 20.7. The molecular formula is C9H12N2O4. The maximum atomic E-state index is 11.3. The number of nitrogens with one attached hydrogen (secondary N) is 1. The first-order valence-electron chi connectivity index (χ1n) is 4.81. The van der Waals surface area contributed by atoms with E-state index in [0.717, 1.165) is 23.5 Å². The van der Waals surface area contributed by atoms with Gasteiger partial charge in [-0.1, -0.05) is 0 Å². The third-order valence-electron chi connectivity index (χ3n) is 2.42. The first-order chi connectivity index (χ1) is 7.16. The number of hydrogen-bond acceptors (Lipinski definition) is 4. The van der Waals surface area contributed by atoms with Crippen molar-refractivity contribution in [3.8, 4) is 5.88 Å². The Kier molecular flexibility index (Phi) is 2.59. The van der Waals surface area contributed by atoms with Crippen LogP contribution in [0, 0.1) is 0 Å². The van der Waals surface area contributed by atoms with Gasteiger partial charge in [0.15, 0.2) is 0 Å². The number of rotatable bonds is 2. The van der Waals surface area contributed by atoms with Gasteiger partial charge in [0, 0.05) is 6.61 Å². The molecule has 0 saturated carbocycles. The molecule has 1 aromatic rings. The molecule has 6 heteroatoms. The second kappa shape index (κ2) is 3.90. The van der Waals surface area contributed by atoms with Gasteiger partial charge in [-0.15, -0.1) is 0 Å². The van der Waals surface area contributed by atoms with Gasteiger partial charge < -0.3 is 9.84 Å². The fourth-order valence-corrected chi connectivity index (χ4v) is 1.68. The van der Waals surface area contributed by atoms with Gasteiger partial charge in [-0.25, -0.2) is 4.79 Å². The molecule has 2 N–H and O–H groups in total. The Morgan fingerprint density at radius 1 is 1.60 bits per heavy atom. The Hall–Kier alpha value is -1.56. The molecule has 2 heterocycles. The third kappa shape index (κ3) is 2.10. The van der Waals surface area contributed by atoms with E-state index in [1.807, 2.05) is 0 Å². The van der Waals surface area contributed by atoms with E-state index in [4.69, 9.17) is 4.74 Å². The van der Waals surface area contributed by atoms with Crippen molar-refractivity contribution in [1.29, 1.82) is 0 Å². The Labute approximate surface area is 85.1 Å². The van der Waals surface area contributed by atoms with Crippen molar-refractivity contribution < 1.29 is 9.84 Å². The molecule has 6 nitrogen and oxygen atoms in total. The van der Waals surface area contributed by atoms with Crippen LogP contribution in [0.15, 0.2) is 15.7 Å². The third-order valence-corrected chi connectivity index (χ3v) is 2.42. The molecule has 1 aromatic heterocycles. The maximum Gasteiger partial charge on any atom is 0.331 e. The van der Waals surface area contributed by atoms with Gasteiger partial charge >= 0.3 is 5.69 Å². The molecule has 0 radical (unpaired) electrons. The summed E-state index contributed by atoms with van der Waals surface area (Å²) >= 11 is 0. The second-order valence-corrected chi connectivity index (χ2v) is 3.54. The molecule has 82 valence electrons. The number of hydrogen-bond donors (Lipinski definition) is 2. The van der Waals surface area contributed by atoms with Crippen molar-refractivity contribution in [3.63, 3.8) is 0 Å². The van der Waals surface area contributed by atoms with Gasteiger partial charge in [-0.3, -0.25) is 14.3 Å². The molecule has 0 amide bonds. The summed E-state index contributed by atoms with van der Waals surface area (Å²) in [6, 6.07) is 0.982. The summed E-state index contributed by atoms with van der Waals surface area (Å²) in [5, 5.41) is 9.42. The highest BCUT2D eigenvalue weighted by atomic mass is 16.5. The average molecular weight is 212 g/mol. The van der Waals surface area contributed by atoms with E-state index >= 15 is 0 Å². The Morgan fingerprint density at radius 2 is 2.40 bits per heavy atom. The van der Waals surface area contributed by atoms with Crippen LogP contribution in [0.2, 0.25) is 0 Å². The monoisotopic (exact) mass is 212 g/mol. The van der Waals surface area contributed by atoms with Gasteiger partial charge in [-0.05, 0) is 12.8 Å². The summed E-state index contributed by atoms with van der Waals surface area (Å²) in [6.07, 6.45) is 1.77. The second-order valence-electron chi connectivity index (χ2n) is 3.54. The van der Waals surface area contributed by atoms with Crippen molar-refractivity contribution in [1.82, 2.24) is 9.55 Å². The van der Waals surface area contributed by atoms with Gasteiger partial charge in [0.05, 0.1) is 18.7 Å². The molecule has 1 fully saturated rings. The van der Waals surface area contributed by atoms with E-state index in [0.29, 0.717) is 6.61 Å². The van der Waals surface area contributed by atoms with Crippen LogP contribution in [0.5, 0.6) is 5.88 Å². The first-order valence-corrected chi connectivity index (χ1v) is 4.81. The number of aromatic amines is 1. The number of aromatic nitrogens is 2. The average Bonchev–Trinajstić information content (AvgIpc) is 2.63. The van der Waals surface area contributed by atoms with Crippen LogP contribution in [-0.4, -0.2) is 27.4 Å². The molecule has 0 unspecified atom stereocenters. The summed E-state index contributed by atoms with van der Waals surface area (Å²) in [5.74, 6) is -0.320. The highest BCUT2D eigenvalue weighted by Crippen LogP contribution is 2.14. The Bertz CT molecular complexity index is 456. The van der Waals surface area contributed by atoms with E-state index in [1.54, 1.807) is 0 Å². The summed E-state index contributed by atoms with van der Waals surface area (Å²) in [7, 11) is 0. The van der Waals surface area contributed by atoms with Crippen molar-refractivity contribution in [2.24, 2.45) is 0 Å². The number of H-pyrrole nitrogens is 1. The van der Waals surface area contributed by atoms with Gasteiger partial charge in [-0.2, -0.15) is 0 Å². The van der Waals surface area contributed by atoms with Crippen molar-refractivity contribution in [3.05, 3.63) is 26.9 Å². The summed E-state index contributed by atoms with van der Waals surface area (Å²) in [6.45, 7) is 0.963. The van der Waals surface area contributed by atoms with Crippen LogP contribution >= 0.6 is 0 Å². The van der Waals surface area contributed by atoms with E-state index in [2.05, 4.69) is 4.98 Å². The van der Waals surface area contributed by atoms with Crippen LogP contribution in [0.25, 0.3) is 0 Å². The lowest BCUT2D eigenvalue weighted by atomic mass is 10.2. The fourth-order valence-electron chi connectivity index (χ4n) is 1.68. The zero-order valence-electron chi connectivity index (χ0n) is 8.10. The van der Waals surface area contributed by atoms with Crippen LogP contribution < -0.4 is 11.2 Å². The van der Waals surface area contributed by atoms with Crippen molar-refractivity contribution >= 4 is 0 Å². The zero-order valence-corrected chi connectivity index (χ0v) is 8.10. The Balaban J connectivity index is 2.27. The summed E-state index contributed by atoms with van der Waals surface area (Å²) in [5.41, 5.74) is -1.20. The molecule has 1 atom stereocenters. The lowest BCUT2D eigenvalue weighted by Crippen LogP contribution is -2.32. The molecule has 15 heavy (non-hydrogen) atoms. The molecular weight excluding hydrogens is 200 g/mol. The van der Waals surface area contributed by atoms with E-state index in [-0.39, 0.29) is 18.5 Å². The smallest absolute Gasteiger partial charge is 0.331 e. The van der Waals surface area contributed by atoms with Crippen LogP contribution in [-0.2, 0) is 11.3 Å². The van der Waals surface area contributed by atoms with Gasteiger partial charge in [0.25, 0.3) is 5.56 Å². The lowest BCUT2D eigenvalue weighted by Gasteiger charge is -2.12. The number of ether oxygens (including phenoxy) is 1. The molecule has 1 aliphatic heterocycles. The summed E-state index contributed by atoms with van der Waals surface area (Å²) in [4.78, 5) is 24.3. The van der Waals surface area contributed by atoms with Crippen molar-refractivity contribution in [2.75, 3.05) is 6.61 Å². The van der Waals surface area contributed by atoms with Gasteiger partial charge in [0.1, 0.15) is 0 Å². The number of aromatic hydroxyl groups is 1. The van der Waals surface area contributed by atoms with Crippen LogP contribution in [0.4, 0.5) is 0 Å². The van der Waals surface area contributed by atoms with E-state index in [1.165, 1.54) is 0 Å². The predicted octanol–water partition coefficient (Wildman–Crippen LogP) is -0.579. The SMILES string of the molecule is O=c1cc(O)n(C[C@@H]2CCCO2)c(=O)[nH]1. The van der Waals surface area contributed by atoms with Crippen LogP contribution in [0.3, 0.4) is 0 Å². The minimum absolute atomic E-state index is 0.0560. The highest BCUT2D eigenvalue weighted by Gasteiger charge is 2.18. The molecule has 0 aromatic carbocycles. The summed E-state index contributed by atoms with van der Waals surface area (Å²) < 4.78 is 6.44. The molecule has 2 rings (SSSR count). The minimum atomic E-state index is -0.601. The first kappa shape index (κ1) is 9.97. The fraction of sp³-hybridized carbons (Fsp3) is 0.556. The van der Waals surface area contributed by atoms with Crippen LogP contribution in [0.1, 0.15) is 12.8 Å². The maximum absolute atomic E-state index is 11.3. The van der Waals surface area contributed by atoms with Crippen molar-refractivity contribution in [2.45, 2.75) is 25.5 Å². The lowest BCUT2D eigenvalue weighted by molar-refractivity contribution is 0.0934. The topological polar surface area (TPSA) is 84.3 Å². The molecule has 1 saturated heterocycles. The van der Waals surface area contributed by atoms with Gasteiger partial charge in [0.2, 0.25) is 5.88 Å². The molecule has 0 spiro atoms.